The molecule has 7 nitrogen and oxygen atoms in total. The second kappa shape index (κ2) is 8.09. The Bertz CT molecular complexity index is 1080. The standard InChI is InChI=1S/C20H17F2N3O4/c1-11-18(19(23)25(24-11)13-5-3-12(21)4-6-13)20(27)29-10-17(26)15-8-7-14(28-2)9-16(15)22/h3-9H,10,23H2,1-2H3. The molecule has 0 amide bonds. The summed E-state index contributed by atoms with van der Waals surface area (Å²) in [6.07, 6.45) is 0. The van der Waals surface area contributed by atoms with Gasteiger partial charge in [0.15, 0.2) is 6.61 Å². The maximum absolute atomic E-state index is 14.0. The van der Waals surface area contributed by atoms with E-state index in [0.29, 0.717) is 5.69 Å². The fourth-order valence-electron chi connectivity index (χ4n) is 2.71. The Labute approximate surface area is 164 Å². The van der Waals surface area contributed by atoms with Crippen LogP contribution in [0.3, 0.4) is 0 Å². The summed E-state index contributed by atoms with van der Waals surface area (Å²) in [6, 6.07) is 9.08. The van der Waals surface area contributed by atoms with Crippen LogP contribution in [0.5, 0.6) is 5.75 Å². The van der Waals surface area contributed by atoms with Gasteiger partial charge in [-0.2, -0.15) is 5.10 Å². The molecule has 0 spiro atoms. The lowest BCUT2D eigenvalue weighted by Gasteiger charge is -2.07. The maximum Gasteiger partial charge on any atom is 0.344 e. The molecular weight excluding hydrogens is 384 g/mol. The van der Waals surface area contributed by atoms with Crippen molar-refractivity contribution in [3.8, 4) is 11.4 Å². The van der Waals surface area contributed by atoms with Gasteiger partial charge in [-0.25, -0.2) is 18.3 Å². The van der Waals surface area contributed by atoms with Crippen molar-refractivity contribution in [2.24, 2.45) is 0 Å². The van der Waals surface area contributed by atoms with Gasteiger partial charge in [0.2, 0.25) is 5.78 Å². The van der Waals surface area contributed by atoms with Crippen LogP contribution in [0.1, 0.15) is 26.4 Å². The number of benzene rings is 2. The van der Waals surface area contributed by atoms with Crippen LogP contribution >= 0.6 is 0 Å². The molecule has 1 aromatic heterocycles. The predicted octanol–water partition coefficient (Wildman–Crippen LogP) is 3.09. The number of anilines is 1. The molecule has 150 valence electrons. The minimum atomic E-state index is -0.879. The molecule has 2 aromatic carbocycles. The van der Waals surface area contributed by atoms with Gasteiger partial charge in [0.05, 0.1) is 24.1 Å². The third-order valence-corrected chi connectivity index (χ3v) is 4.18. The minimum absolute atomic E-state index is 0.0258. The highest BCUT2D eigenvalue weighted by Crippen LogP contribution is 2.22. The van der Waals surface area contributed by atoms with Gasteiger partial charge in [0.1, 0.15) is 28.8 Å². The highest BCUT2D eigenvalue weighted by Gasteiger charge is 2.23. The predicted molar refractivity (Wildman–Crippen MR) is 100 cm³/mol. The fraction of sp³-hybridized carbons (Fsp3) is 0.150. The highest BCUT2D eigenvalue weighted by molar-refractivity contribution is 6.01. The molecule has 0 bridgehead atoms. The van der Waals surface area contributed by atoms with Gasteiger partial charge in [-0.1, -0.05) is 0 Å². The summed E-state index contributed by atoms with van der Waals surface area (Å²) >= 11 is 0. The molecular formula is C20H17F2N3O4. The monoisotopic (exact) mass is 401 g/mol. The highest BCUT2D eigenvalue weighted by atomic mass is 19.1. The average molecular weight is 401 g/mol. The van der Waals surface area contributed by atoms with Crippen LogP contribution in [-0.4, -0.2) is 35.2 Å². The van der Waals surface area contributed by atoms with E-state index in [-0.39, 0.29) is 28.4 Å². The van der Waals surface area contributed by atoms with E-state index < -0.39 is 30.0 Å². The second-order valence-electron chi connectivity index (χ2n) is 6.08. The number of carbonyl (C=O) groups is 2. The third kappa shape index (κ3) is 4.08. The Kier molecular flexibility index (Phi) is 5.58. The topological polar surface area (TPSA) is 96.4 Å². The first-order valence-electron chi connectivity index (χ1n) is 8.46. The van der Waals surface area contributed by atoms with Gasteiger partial charge < -0.3 is 15.2 Å². The zero-order valence-electron chi connectivity index (χ0n) is 15.6. The number of aryl methyl sites for hydroxylation is 1. The molecule has 2 N–H and O–H groups in total. The molecule has 0 unspecified atom stereocenters. The Morgan fingerprint density at radius 1 is 1.14 bits per heavy atom. The molecule has 1 heterocycles. The van der Waals surface area contributed by atoms with Crippen LogP contribution < -0.4 is 10.5 Å². The summed E-state index contributed by atoms with van der Waals surface area (Å²) in [5.41, 5.74) is 6.44. The number of methoxy groups -OCH3 is 1. The van der Waals surface area contributed by atoms with Crippen molar-refractivity contribution < 1.29 is 27.8 Å². The van der Waals surface area contributed by atoms with Crippen molar-refractivity contribution in [3.05, 3.63) is 70.9 Å². The molecule has 0 saturated heterocycles. The van der Waals surface area contributed by atoms with E-state index in [1.54, 1.807) is 0 Å². The normalized spacial score (nSPS) is 10.6. The molecule has 0 radical (unpaired) electrons. The first-order valence-corrected chi connectivity index (χ1v) is 8.46. The number of Topliss-reactive ketones (excluding diaryl/α,β-unsaturated/α-hetero) is 1. The van der Waals surface area contributed by atoms with Gasteiger partial charge in [0, 0.05) is 6.07 Å². The summed E-state index contributed by atoms with van der Waals surface area (Å²) in [6.45, 7) is 0.862. The number of ketones is 1. The molecule has 0 atom stereocenters. The molecule has 3 rings (SSSR count). The summed E-state index contributed by atoms with van der Waals surface area (Å²) in [5.74, 6) is -2.59. The Morgan fingerprint density at radius 2 is 1.83 bits per heavy atom. The van der Waals surface area contributed by atoms with E-state index in [0.717, 1.165) is 6.07 Å². The second-order valence-corrected chi connectivity index (χ2v) is 6.08. The zero-order valence-corrected chi connectivity index (χ0v) is 15.6. The Hall–Kier alpha value is -3.75. The van der Waals surface area contributed by atoms with Crippen LogP contribution in [0.4, 0.5) is 14.6 Å². The number of hydrogen-bond acceptors (Lipinski definition) is 6. The van der Waals surface area contributed by atoms with E-state index >= 15 is 0 Å². The molecule has 0 fully saturated rings. The summed E-state index contributed by atoms with van der Waals surface area (Å²) in [7, 11) is 1.37. The fourth-order valence-corrected chi connectivity index (χ4v) is 2.71. The average Bonchev–Trinajstić information content (AvgIpc) is 3.00. The van der Waals surface area contributed by atoms with Crippen LogP contribution in [0, 0.1) is 18.6 Å². The van der Waals surface area contributed by atoms with Crippen LogP contribution in [0.15, 0.2) is 42.5 Å². The number of nitrogens with two attached hydrogens (primary N) is 1. The largest absolute Gasteiger partial charge is 0.497 e. The van der Waals surface area contributed by atoms with E-state index in [2.05, 4.69) is 5.10 Å². The van der Waals surface area contributed by atoms with Gasteiger partial charge in [-0.15, -0.1) is 0 Å². The molecule has 0 aliphatic carbocycles. The van der Waals surface area contributed by atoms with Crippen LogP contribution in [0.2, 0.25) is 0 Å². The van der Waals surface area contributed by atoms with E-state index in [1.807, 2.05) is 0 Å². The first-order chi connectivity index (χ1) is 13.8. The number of carbonyl (C=O) groups excluding carboxylic acids is 2. The number of ether oxygens (including phenoxy) is 2. The molecule has 3 aromatic rings. The number of rotatable bonds is 6. The quantitative estimate of drug-likeness (QED) is 0.504. The number of nitrogen functional groups attached to an aromatic ring is 1. The zero-order chi connectivity index (χ0) is 21.1. The van der Waals surface area contributed by atoms with E-state index in [9.17, 15) is 18.4 Å². The van der Waals surface area contributed by atoms with Crippen molar-refractivity contribution in [1.82, 2.24) is 9.78 Å². The number of halogens is 2. The maximum atomic E-state index is 14.0. The molecule has 0 aliphatic heterocycles. The number of hydrogen-bond donors (Lipinski definition) is 1. The number of nitrogens with zero attached hydrogens (tertiary/aromatic N) is 2. The van der Waals surface area contributed by atoms with E-state index in [1.165, 1.54) is 55.1 Å². The smallest absolute Gasteiger partial charge is 0.344 e. The van der Waals surface area contributed by atoms with Gasteiger partial charge in [0.25, 0.3) is 0 Å². The van der Waals surface area contributed by atoms with Crippen LogP contribution in [-0.2, 0) is 4.74 Å². The van der Waals surface area contributed by atoms with Crippen molar-refractivity contribution in [2.45, 2.75) is 6.92 Å². The Balaban J connectivity index is 1.76. The number of esters is 1. The molecule has 29 heavy (non-hydrogen) atoms. The van der Waals surface area contributed by atoms with Gasteiger partial charge in [-0.05, 0) is 43.3 Å². The first kappa shape index (κ1) is 20.0. The molecule has 0 aliphatic rings. The van der Waals surface area contributed by atoms with Crippen molar-refractivity contribution in [3.63, 3.8) is 0 Å². The van der Waals surface area contributed by atoms with Crippen molar-refractivity contribution in [1.29, 1.82) is 0 Å². The lowest BCUT2D eigenvalue weighted by atomic mass is 10.1. The van der Waals surface area contributed by atoms with E-state index in [4.69, 9.17) is 15.2 Å². The van der Waals surface area contributed by atoms with Crippen LogP contribution in [0.25, 0.3) is 5.69 Å². The lowest BCUT2D eigenvalue weighted by Crippen LogP contribution is -2.17. The molecule has 0 saturated carbocycles. The van der Waals surface area contributed by atoms with Crippen molar-refractivity contribution in [2.75, 3.05) is 19.5 Å². The van der Waals surface area contributed by atoms with Gasteiger partial charge in [-0.3, -0.25) is 4.79 Å². The van der Waals surface area contributed by atoms with Crippen molar-refractivity contribution >= 4 is 17.6 Å². The lowest BCUT2D eigenvalue weighted by molar-refractivity contribution is 0.0474. The Morgan fingerprint density at radius 3 is 2.45 bits per heavy atom. The molecule has 9 heteroatoms. The SMILES string of the molecule is COc1ccc(C(=O)COC(=O)c2c(C)nn(-c3ccc(F)cc3)c2N)c(F)c1. The summed E-state index contributed by atoms with van der Waals surface area (Å²) in [5, 5.41) is 4.16. The third-order valence-electron chi connectivity index (χ3n) is 4.18. The van der Waals surface area contributed by atoms with Gasteiger partial charge >= 0.3 is 5.97 Å². The summed E-state index contributed by atoms with van der Waals surface area (Å²) in [4.78, 5) is 24.6. The summed E-state index contributed by atoms with van der Waals surface area (Å²) < 4.78 is 38.2. The minimum Gasteiger partial charge on any atom is -0.497 e. The number of aromatic nitrogens is 2.